The summed E-state index contributed by atoms with van der Waals surface area (Å²) in [5.74, 6) is 0.317. The number of allylic oxidation sites excluding steroid dienone is 1. The standard InChI is InChI=1S/C27H34N2O2/c1-4-13-26(31)14-15-27(5-2)22(18-26)9-6-8-20-17-21(11-12-23(20)27)25(30)29-24-10-7-16-28-19(24)3/h6-8,10-12,16-17,22,31H,4-5,9,13-15,18H2,1-3H3,(H,29,30)/t22-,26+,27+/m0/s1. The summed E-state index contributed by atoms with van der Waals surface area (Å²) in [6.07, 6.45) is 12.8. The van der Waals surface area contributed by atoms with Gasteiger partial charge in [0.2, 0.25) is 0 Å². The van der Waals surface area contributed by atoms with Gasteiger partial charge in [0.25, 0.3) is 5.91 Å². The molecular formula is C27H34N2O2. The minimum absolute atomic E-state index is 0.0632. The molecule has 164 valence electrons. The summed E-state index contributed by atoms with van der Waals surface area (Å²) in [7, 11) is 0. The molecule has 0 aliphatic heterocycles. The molecule has 1 aromatic carbocycles. The van der Waals surface area contributed by atoms with Crippen LogP contribution >= 0.6 is 0 Å². The van der Waals surface area contributed by atoms with E-state index in [2.05, 4.69) is 42.4 Å². The van der Waals surface area contributed by atoms with Crippen molar-refractivity contribution in [2.75, 3.05) is 5.32 Å². The monoisotopic (exact) mass is 418 g/mol. The van der Waals surface area contributed by atoms with Crippen LogP contribution in [0.1, 0.15) is 86.0 Å². The Morgan fingerprint density at radius 3 is 2.84 bits per heavy atom. The number of aryl methyl sites for hydroxylation is 1. The molecule has 2 aliphatic carbocycles. The number of pyridine rings is 1. The molecule has 1 aromatic heterocycles. The fourth-order valence-electron chi connectivity index (χ4n) is 5.89. The number of fused-ring (bicyclic) bond motifs is 3. The van der Waals surface area contributed by atoms with Gasteiger partial charge in [0.15, 0.2) is 0 Å². The number of benzene rings is 1. The summed E-state index contributed by atoms with van der Waals surface area (Å²) in [6.45, 7) is 6.32. The van der Waals surface area contributed by atoms with Gasteiger partial charge in [-0.2, -0.15) is 0 Å². The van der Waals surface area contributed by atoms with Gasteiger partial charge in [-0.15, -0.1) is 0 Å². The van der Waals surface area contributed by atoms with Gasteiger partial charge in [0.05, 0.1) is 17.0 Å². The zero-order valence-corrected chi connectivity index (χ0v) is 18.9. The molecule has 31 heavy (non-hydrogen) atoms. The quantitative estimate of drug-likeness (QED) is 0.622. The molecule has 1 heterocycles. The number of nitrogens with zero attached hydrogens (tertiary/aromatic N) is 1. The Balaban J connectivity index is 1.65. The maximum absolute atomic E-state index is 12.9. The first-order valence-electron chi connectivity index (χ1n) is 11.7. The van der Waals surface area contributed by atoms with Gasteiger partial charge in [0, 0.05) is 11.8 Å². The summed E-state index contributed by atoms with van der Waals surface area (Å²) < 4.78 is 0. The molecule has 4 rings (SSSR count). The highest BCUT2D eigenvalue weighted by Crippen LogP contribution is 2.53. The molecule has 1 fully saturated rings. The van der Waals surface area contributed by atoms with Gasteiger partial charge in [-0.25, -0.2) is 0 Å². The first kappa shape index (κ1) is 21.8. The molecule has 0 bridgehead atoms. The first-order chi connectivity index (χ1) is 14.9. The van der Waals surface area contributed by atoms with Crippen LogP contribution in [-0.2, 0) is 5.41 Å². The average Bonchev–Trinajstić information content (AvgIpc) is 2.91. The van der Waals surface area contributed by atoms with E-state index in [1.54, 1.807) is 6.20 Å². The van der Waals surface area contributed by atoms with Crippen molar-refractivity contribution in [1.82, 2.24) is 4.98 Å². The lowest BCUT2D eigenvalue weighted by molar-refractivity contribution is -0.0520. The Labute approximate surface area is 185 Å². The van der Waals surface area contributed by atoms with E-state index in [4.69, 9.17) is 0 Å². The number of aromatic nitrogens is 1. The average molecular weight is 419 g/mol. The van der Waals surface area contributed by atoms with E-state index >= 15 is 0 Å². The van der Waals surface area contributed by atoms with Gasteiger partial charge in [-0.05, 0) is 92.2 Å². The lowest BCUT2D eigenvalue weighted by Gasteiger charge is -2.50. The van der Waals surface area contributed by atoms with Gasteiger partial charge >= 0.3 is 0 Å². The molecule has 1 amide bonds. The van der Waals surface area contributed by atoms with Crippen molar-refractivity contribution in [3.05, 3.63) is 65.0 Å². The van der Waals surface area contributed by atoms with Gasteiger partial charge in [-0.3, -0.25) is 9.78 Å². The minimum atomic E-state index is -0.530. The predicted molar refractivity (Wildman–Crippen MR) is 126 cm³/mol. The third-order valence-electron chi connectivity index (χ3n) is 7.61. The predicted octanol–water partition coefficient (Wildman–Crippen LogP) is 6.04. The molecule has 2 aromatic rings. The van der Waals surface area contributed by atoms with E-state index in [-0.39, 0.29) is 11.3 Å². The van der Waals surface area contributed by atoms with Crippen LogP contribution in [0.4, 0.5) is 5.69 Å². The van der Waals surface area contributed by atoms with E-state index in [0.29, 0.717) is 11.5 Å². The fraction of sp³-hybridized carbons (Fsp3) is 0.481. The maximum Gasteiger partial charge on any atom is 0.255 e. The van der Waals surface area contributed by atoms with Crippen molar-refractivity contribution < 1.29 is 9.90 Å². The van der Waals surface area contributed by atoms with E-state index in [9.17, 15) is 9.90 Å². The van der Waals surface area contributed by atoms with E-state index in [1.807, 2.05) is 31.2 Å². The van der Waals surface area contributed by atoms with Crippen molar-refractivity contribution in [3.63, 3.8) is 0 Å². The van der Waals surface area contributed by atoms with Crippen molar-refractivity contribution >= 4 is 17.7 Å². The topological polar surface area (TPSA) is 62.2 Å². The van der Waals surface area contributed by atoms with Gasteiger partial charge < -0.3 is 10.4 Å². The number of hydrogen-bond acceptors (Lipinski definition) is 3. The number of hydrogen-bond donors (Lipinski definition) is 2. The number of rotatable bonds is 5. The Kier molecular flexibility index (Phi) is 6.02. The summed E-state index contributed by atoms with van der Waals surface area (Å²) in [5, 5.41) is 14.2. The molecule has 4 heteroatoms. The Morgan fingerprint density at radius 2 is 2.10 bits per heavy atom. The van der Waals surface area contributed by atoms with Gasteiger partial charge in [0.1, 0.15) is 0 Å². The summed E-state index contributed by atoms with van der Waals surface area (Å²) in [4.78, 5) is 17.2. The molecule has 2 N–H and O–H groups in total. The fourth-order valence-corrected chi connectivity index (χ4v) is 5.89. The highest BCUT2D eigenvalue weighted by atomic mass is 16.3. The lowest BCUT2D eigenvalue weighted by Crippen LogP contribution is -2.47. The number of carbonyl (C=O) groups excluding carboxylic acids is 1. The highest BCUT2D eigenvalue weighted by molar-refractivity contribution is 6.05. The van der Waals surface area contributed by atoms with Crippen LogP contribution in [-0.4, -0.2) is 21.6 Å². The Hall–Kier alpha value is -2.46. The first-order valence-corrected chi connectivity index (χ1v) is 11.7. The second kappa shape index (κ2) is 8.58. The molecule has 3 atom stereocenters. The Morgan fingerprint density at radius 1 is 1.26 bits per heavy atom. The van der Waals surface area contributed by atoms with Crippen LogP contribution in [0.3, 0.4) is 0 Å². The van der Waals surface area contributed by atoms with Crippen molar-refractivity contribution in [2.45, 2.75) is 76.7 Å². The number of carbonyl (C=O) groups is 1. The molecule has 0 radical (unpaired) electrons. The highest BCUT2D eigenvalue weighted by Gasteiger charge is 2.48. The van der Waals surface area contributed by atoms with Crippen LogP contribution in [0.5, 0.6) is 0 Å². The molecule has 0 spiro atoms. The van der Waals surface area contributed by atoms with Crippen LogP contribution in [0.2, 0.25) is 0 Å². The van der Waals surface area contributed by atoms with E-state index < -0.39 is 5.60 Å². The zero-order chi connectivity index (χ0) is 22.1. The third kappa shape index (κ3) is 4.06. The van der Waals surface area contributed by atoms with Crippen molar-refractivity contribution in [3.8, 4) is 0 Å². The van der Waals surface area contributed by atoms with Crippen LogP contribution in [0, 0.1) is 12.8 Å². The SMILES string of the molecule is CCC[C@@]1(O)CC[C@@]2(CC)c3ccc(C(=O)Nc4cccnc4C)cc3C=CC[C@H]2C1. The van der Waals surface area contributed by atoms with E-state index in [0.717, 1.165) is 61.9 Å². The zero-order valence-electron chi connectivity index (χ0n) is 18.9. The number of anilines is 1. The molecule has 4 nitrogen and oxygen atoms in total. The largest absolute Gasteiger partial charge is 0.390 e. The smallest absolute Gasteiger partial charge is 0.255 e. The van der Waals surface area contributed by atoms with Crippen LogP contribution in [0.15, 0.2) is 42.6 Å². The second-order valence-corrected chi connectivity index (χ2v) is 9.42. The summed E-state index contributed by atoms with van der Waals surface area (Å²) >= 11 is 0. The van der Waals surface area contributed by atoms with Crippen molar-refractivity contribution in [1.29, 1.82) is 0 Å². The number of aliphatic hydroxyl groups is 1. The van der Waals surface area contributed by atoms with Gasteiger partial charge in [-0.1, -0.05) is 38.5 Å². The second-order valence-electron chi connectivity index (χ2n) is 9.42. The molecule has 1 saturated carbocycles. The van der Waals surface area contributed by atoms with Crippen LogP contribution in [0.25, 0.3) is 6.08 Å². The third-order valence-corrected chi connectivity index (χ3v) is 7.61. The normalized spacial score (nSPS) is 27.2. The molecule has 0 saturated heterocycles. The number of amides is 1. The Bertz CT molecular complexity index is 998. The molecule has 2 aliphatic rings. The van der Waals surface area contributed by atoms with Crippen molar-refractivity contribution in [2.24, 2.45) is 5.92 Å². The number of nitrogens with one attached hydrogen (secondary N) is 1. The summed E-state index contributed by atoms with van der Waals surface area (Å²) in [5.41, 5.74) is 4.22. The maximum atomic E-state index is 12.9. The minimum Gasteiger partial charge on any atom is -0.390 e. The van der Waals surface area contributed by atoms with Crippen LogP contribution < -0.4 is 5.32 Å². The van der Waals surface area contributed by atoms with E-state index in [1.165, 1.54) is 5.56 Å². The summed E-state index contributed by atoms with van der Waals surface area (Å²) in [6, 6.07) is 9.85. The lowest BCUT2D eigenvalue weighted by atomic mass is 9.56. The molecular weight excluding hydrogens is 384 g/mol. The molecule has 0 unspecified atom stereocenters.